The molecule has 2 N–H and O–H groups in total. The van der Waals surface area contributed by atoms with E-state index in [1.54, 1.807) is 0 Å². The molecule has 1 saturated heterocycles. The second-order valence-electron chi connectivity index (χ2n) is 6.43. The van der Waals surface area contributed by atoms with Crippen LogP contribution in [0.15, 0.2) is 18.2 Å². The van der Waals surface area contributed by atoms with E-state index in [0.717, 1.165) is 31.0 Å². The van der Waals surface area contributed by atoms with Crippen molar-refractivity contribution < 1.29 is 0 Å². The molecule has 3 rings (SSSR count). The fourth-order valence-electron chi connectivity index (χ4n) is 3.77. The fourth-order valence-corrected chi connectivity index (χ4v) is 3.94. The highest BCUT2D eigenvalue weighted by Gasteiger charge is 2.33. The van der Waals surface area contributed by atoms with Gasteiger partial charge in [0, 0.05) is 29.3 Å². The molecule has 0 unspecified atom stereocenters. The summed E-state index contributed by atoms with van der Waals surface area (Å²) in [6, 6.07) is 6.32. The van der Waals surface area contributed by atoms with Crippen molar-refractivity contribution in [3.05, 3.63) is 28.8 Å². The number of nitrogens with zero attached hydrogens (tertiary/aromatic N) is 1. The molecule has 2 nitrogen and oxygen atoms in total. The lowest BCUT2D eigenvalue weighted by molar-refractivity contribution is 0.302. The van der Waals surface area contributed by atoms with Gasteiger partial charge in [-0.3, -0.25) is 0 Å². The van der Waals surface area contributed by atoms with E-state index in [-0.39, 0.29) is 5.54 Å². The average molecular weight is 293 g/mol. The van der Waals surface area contributed by atoms with Crippen LogP contribution in [0.25, 0.3) is 0 Å². The van der Waals surface area contributed by atoms with Gasteiger partial charge in [-0.2, -0.15) is 0 Å². The lowest BCUT2D eigenvalue weighted by atomic mass is 9.76. The molecule has 0 atom stereocenters. The van der Waals surface area contributed by atoms with Crippen LogP contribution in [0.5, 0.6) is 0 Å². The second-order valence-corrected chi connectivity index (χ2v) is 6.86. The van der Waals surface area contributed by atoms with Crippen LogP contribution in [0.2, 0.25) is 5.02 Å². The smallest absolute Gasteiger partial charge is 0.0430 e. The summed E-state index contributed by atoms with van der Waals surface area (Å²) >= 11 is 6.26. The van der Waals surface area contributed by atoms with Crippen molar-refractivity contribution in [1.29, 1.82) is 0 Å². The first-order valence-corrected chi connectivity index (χ1v) is 8.41. The first-order valence-electron chi connectivity index (χ1n) is 8.03. The standard InChI is InChI=1S/C17H25ClN2/c18-14-7-8-16(20-11-5-2-6-12-20)15(13-14)17(19)9-3-1-4-10-17/h7-8,13H,1-6,9-12,19H2. The zero-order chi connectivity index (χ0) is 14.0. The molecule has 1 saturated carbocycles. The molecule has 1 heterocycles. The number of halogens is 1. The number of nitrogens with two attached hydrogens (primary N) is 1. The molecule has 110 valence electrons. The first kappa shape index (κ1) is 14.2. The largest absolute Gasteiger partial charge is 0.371 e. The molecule has 0 amide bonds. The Morgan fingerprint density at radius 1 is 0.950 bits per heavy atom. The predicted octanol–water partition coefficient (Wildman–Crippen LogP) is 4.45. The van der Waals surface area contributed by atoms with Crippen molar-refractivity contribution in [2.75, 3.05) is 18.0 Å². The van der Waals surface area contributed by atoms with Crippen LogP contribution in [0, 0.1) is 0 Å². The Morgan fingerprint density at radius 3 is 2.30 bits per heavy atom. The summed E-state index contributed by atoms with van der Waals surface area (Å²) < 4.78 is 0. The third-order valence-electron chi connectivity index (χ3n) is 4.94. The molecule has 3 heteroatoms. The molecule has 1 aliphatic heterocycles. The number of anilines is 1. The Kier molecular flexibility index (Phi) is 4.23. The lowest BCUT2D eigenvalue weighted by Gasteiger charge is -2.39. The molecule has 20 heavy (non-hydrogen) atoms. The van der Waals surface area contributed by atoms with Crippen LogP contribution in [-0.4, -0.2) is 13.1 Å². The summed E-state index contributed by atoms with van der Waals surface area (Å²) in [6.07, 6.45) is 9.91. The van der Waals surface area contributed by atoms with Crippen LogP contribution < -0.4 is 10.6 Å². The van der Waals surface area contributed by atoms with Gasteiger partial charge in [0.25, 0.3) is 0 Å². The van der Waals surface area contributed by atoms with Crippen LogP contribution in [0.1, 0.15) is 56.9 Å². The summed E-state index contributed by atoms with van der Waals surface area (Å²) in [4.78, 5) is 2.51. The molecule has 0 aromatic heterocycles. The third-order valence-corrected chi connectivity index (χ3v) is 5.17. The highest BCUT2D eigenvalue weighted by molar-refractivity contribution is 6.30. The minimum atomic E-state index is -0.171. The zero-order valence-corrected chi connectivity index (χ0v) is 13.0. The Labute approximate surface area is 127 Å². The normalized spacial score (nSPS) is 22.8. The summed E-state index contributed by atoms with van der Waals surface area (Å²) in [5, 5.41) is 0.816. The fraction of sp³-hybridized carbons (Fsp3) is 0.647. The SMILES string of the molecule is NC1(c2cc(Cl)ccc2N2CCCCC2)CCCCC1. The van der Waals surface area contributed by atoms with Gasteiger partial charge < -0.3 is 10.6 Å². The summed E-state index contributed by atoms with van der Waals surface area (Å²) in [6.45, 7) is 2.31. The van der Waals surface area contributed by atoms with Gasteiger partial charge >= 0.3 is 0 Å². The molecule has 2 aliphatic rings. The topological polar surface area (TPSA) is 29.3 Å². The number of benzene rings is 1. The van der Waals surface area contributed by atoms with Gasteiger partial charge in [0.15, 0.2) is 0 Å². The summed E-state index contributed by atoms with van der Waals surface area (Å²) in [5.41, 5.74) is 9.22. The van der Waals surface area contributed by atoms with Gasteiger partial charge in [-0.15, -0.1) is 0 Å². The van der Waals surface area contributed by atoms with E-state index in [9.17, 15) is 0 Å². The molecular formula is C17H25ClN2. The Bertz CT molecular complexity index is 460. The van der Waals surface area contributed by atoms with E-state index in [2.05, 4.69) is 17.0 Å². The molecule has 0 bridgehead atoms. The van der Waals surface area contributed by atoms with Crippen LogP contribution >= 0.6 is 11.6 Å². The molecule has 1 aromatic carbocycles. The summed E-state index contributed by atoms with van der Waals surface area (Å²) in [7, 11) is 0. The van der Waals surface area contributed by atoms with E-state index in [1.165, 1.54) is 49.8 Å². The van der Waals surface area contributed by atoms with E-state index in [0.29, 0.717) is 0 Å². The van der Waals surface area contributed by atoms with Gasteiger partial charge in [0.2, 0.25) is 0 Å². The lowest BCUT2D eigenvalue weighted by Crippen LogP contribution is -2.41. The van der Waals surface area contributed by atoms with E-state index < -0.39 is 0 Å². The number of hydrogen-bond donors (Lipinski definition) is 1. The van der Waals surface area contributed by atoms with Crippen LogP contribution in [0.3, 0.4) is 0 Å². The van der Waals surface area contributed by atoms with E-state index >= 15 is 0 Å². The molecule has 2 fully saturated rings. The van der Waals surface area contributed by atoms with Crippen molar-refractivity contribution in [2.24, 2.45) is 5.73 Å². The van der Waals surface area contributed by atoms with Gasteiger partial charge in [-0.1, -0.05) is 30.9 Å². The van der Waals surface area contributed by atoms with Crippen molar-refractivity contribution in [1.82, 2.24) is 0 Å². The van der Waals surface area contributed by atoms with Crippen molar-refractivity contribution >= 4 is 17.3 Å². The van der Waals surface area contributed by atoms with Crippen molar-refractivity contribution in [3.8, 4) is 0 Å². The zero-order valence-electron chi connectivity index (χ0n) is 12.2. The maximum Gasteiger partial charge on any atom is 0.0430 e. The first-order chi connectivity index (χ1) is 9.69. The van der Waals surface area contributed by atoms with Gasteiger partial charge in [0.05, 0.1) is 0 Å². The minimum Gasteiger partial charge on any atom is -0.371 e. The number of hydrogen-bond acceptors (Lipinski definition) is 2. The van der Waals surface area contributed by atoms with Crippen molar-refractivity contribution in [3.63, 3.8) is 0 Å². The van der Waals surface area contributed by atoms with Crippen LogP contribution in [-0.2, 0) is 5.54 Å². The molecule has 1 aliphatic carbocycles. The Morgan fingerprint density at radius 2 is 1.60 bits per heavy atom. The van der Waals surface area contributed by atoms with Gasteiger partial charge in [-0.05, 0) is 55.9 Å². The Balaban J connectivity index is 1.97. The quantitative estimate of drug-likeness (QED) is 0.872. The molecular weight excluding hydrogens is 268 g/mol. The summed E-state index contributed by atoms with van der Waals surface area (Å²) in [5.74, 6) is 0. The minimum absolute atomic E-state index is 0.171. The molecule has 0 spiro atoms. The van der Waals surface area contributed by atoms with Crippen LogP contribution in [0.4, 0.5) is 5.69 Å². The highest BCUT2D eigenvalue weighted by atomic mass is 35.5. The highest BCUT2D eigenvalue weighted by Crippen LogP contribution is 2.41. The van der Waals surface area contributed by atoms with Crippen molar-refractivity contribution in [2.45, 2.75) is 56.9 Å². The number of piperidine rings is 1. The third kappa shape index (κ3) is 2.82. The second kappa shape index (κ2) is 5.95. The van der Waals surface area contributed by atoms with E-state index in [4.69, 9.17) is 17.3 Å². The maximum atomic E-state index is 6.77. The van der Waals surface area contributed by atoms with E-state index in [1.807, 2.05) is 6.07 Å². The Hall–Kier alpha value is -0.730. The maximum absolute atomic E-state index is 6.77. The van der Waals surface area contributed by atoms with Gasteiger partial charge in [0.1, 0.15) is 0 Å². The molecule has 1 aromatic rings. The monoisotopic (exact) mass is 292 g/mol. The molecule has 0 radical (unpaired) electrons. The van der Waals surface area contributed by atoms with Gasteiger partial charge in [-0.25, -0.2) is 0 Å². The average Bonchev–Trinajstić information content (AvgIpc) is 2.49. The predicted molar refractivity (Wildman–Crippen MR) is 86.5 cm³/mol. The number of rotatable bonds is 2.